The number of hydrogen-bond donors (Lipinski definition) is 2. The van der Waals surface area contributed by atoms with Crippen LogP contribution in [0, 0.1) is 11.6 Å². The molecule has 1 heterocycles. The molecule has 1 atom stereocenters. The molecule has 0 amide bonds. The van der Waals surface area contributed by atoms with Crippen LogP contribution < -0.4 is 5.32 Å². The zero-order chi connectivity index (χ0) is 17.9. The molecule has 0 radical (unpaired) electrons. The summed E-state index contributed by atoms with van der Waals surface area (Å²) in [4.78, 5) is 0. The van der Waals surface area contributed by atoms with E-state index in [4.69, 9.17) is 0 Å². The minimum atomic E-state index is -1.45. The summed E-state index contributed by atoms with van der Waals surface area (Å²) in [6.07, 6.45) is 3.56. The molecule has 6 heteroatoms. The van der Waals surface area contributed by atoms with Gasteiger partial charge in [-0.25, -0.2) is 13.5 Å². The van der Waals surface area contributed by atoms with Crippen molar-refractivity contribution in [3.63, 3.8) is 0 Å². The number of hydrogen-bond acceptors (Lipinski definition) is 3. The SMILES string of the molecule is CC(O)(CNCc1cccc(-n2cccn2)c1)c1ccc(F)cc1F. The largest absolute Gasteiger partial charge is 0.384 e. The van der Waals surface area contributed by atoms with Crippen molar-refractivity contribution in [2.24, 2.45) is 0 Å². The van der Waals surface area contributed by atoms with Gasteiger partial charge in [-0.1, -0.05) is 18.2 Å². The molecule has 2 N–H and O–H groups in total. The van der Waals surface area contributed by atoms with Crippen LogP contribution in [0.15, 0.2) is 60.9 Å². The van der Waals surface area contributed by atoms with Gasteiger partial charge in [0.25, 0.3) is 0 Å². The lowest BCUT2D eigenvalue weighted by Crippen LogP contribution is -2.36. The third-order valence-electron chi connectivity index (χ3n) is 3.99. The molecule has 0 fully saturated rings. The second-order valence-electron chi connectivity index (χ2n) is 6.12. The van der Waals surface area contributed by atoms with Crippen LogP contribution in [-0.2, 0) is 12.1 Å². The van der Waals surface area contributed by atoms with Gasteiger partial charge in [-0.15, -0.1) is 0 Å². The molecular formula is C19H19F2N3O. The number of aromatic nitrogens is 2. The Morgan fingerprint density at radius 3 is 2.72 bits per heavy atom. The lowest BCUT2D eigenvalue weighted by Gasteiger charge is -2.25. The first kappa shape index (κ1) is 17.3. The number of aliphatic hydroxyl groups is 1. The Hall–Kier alpha value is -2.57. The maximum Gasteiger partial charge on any atom is 0.132 e. The van der Waals surface area contributed by atoms with E-state index in [0.717, 1.165) is 23.4 Å². The predicted molar refractivity (Wildman–Crippen MR) is 91.2 cm³/mol. The van der Waals surface area contributed by atoms with Crippen molar-refractivity contribution >= 4 is 0 Å². The Labute approximate surface area is 144 Å². The Morgan fingerprint density at radius 2 is 2.00 bits per heavy atom. The summed E-state index contributed by atoms with van der Waals surface area (Å²) in [5, 5.41) is 17.8. The highest BCUT2D eigenvalue weighted by molar-refractivity contribution is 5.35. The minimum absolute atomic E-state index is 0.0618. The minimum Gasteiger partial charge on any atom is -0.384 e. The van der Waals surface area contributed by atoms with E-state index >= 15 is 0 Å². The van der Waals surface area contributed by atoms with Crippen LogP contribution >= 0.6 is 0 Å². The normalized spacial score (nSPS) is 13.6. The van der Waals surface area contributed by atoms with Crippen molar-refractivity contribution in [1.29, 1.82) is 0 Å². The standard InChI is InChI=1S/C19H19F2N3O/c1-19(25,17-7-6-15(20)11-18(17)21)13-22-12-14-4-2-5-16(10-14)24-9-3-8-23-24/h2-11,22,25H,12-13H2,1H3. The number of halogens is 2. The van der Waals surface area contributed by atoms with Gasteiger partial charge in [0, 0.05) is 37.1 Å². The molecule has 3 rings (SSSR count). The molecule has 2 aromatic carbocycles. The highest BCUT2D eigenvalue weighted by Gasteiger charge is 2.26. The van der Waals surface area contributed by atoms with Gasteiger partial charge in [-0.3, -0.25) is 0 Å². The van der Waals surface area contributed by atoms with Crippen molar-refractivity contribution in [3.8, 4) is 5.69 Å². The molecule has 0 spiro atoms. The second-order valence-corrected chi connectivity index (χ2v) is 6.12. The molecule has 1 aromatic heterocycles. The molecular weight excluding hydrogens is 324 g/mol. The average Bonchev–Trinajstić information content (AvgIpc) is 3.09. The van der Waals surface area contributed by atoms with Gasteiger partial charge in [-0.05, 0) is 36.8 Å². The molecule has 130 valence electrons. The molecule has 25 heavy (non-hydrogen) atoms. The third kappa shape index (κ3) is 4.10. The van der Waals surface area contributed by atoms with Crippen LogP contribution in [0.3, 0.4) is 0 Å². The fourth-order valence-corrected chi connectivity index (χ4v) is 2.70. The first-order valence-corrected chi connectivity index (χ1v) is 7.93. The monoisotopic (exact) mass is 343 g/mol. The van der Waals surface area contributed by atoms with E-state index in [9.17, 15) is 13.9 Å². The highest BCUT2D eigenvalue weighted by Crippen LogP contribution is 2.23. The average molecular weight is 343 g/mol. The molecule has 4 nitrogen and oxygen atoms in total. The van der Waals surface area contributed by atoms with Gasteiger partial charge in [0.2, 0.25) is 0 Å². The van der Waals surface area contributed by atoms with Gasteiger partial charge in [0.1, 0.15) is 17.2 Å². The quantitative estimate of drug-likeness (QED) is 0.723. The van der Waals surface area contributed by atoms with E-state index in [-0.39, 0.29) is 12.1 Å². The predicted octanol–water partition coefficient (Wildman–Crippen LogP) is 3.15. The summed E-state index contributed by atoms with van der Waals surface area (Å²) in [5.74, 6) is -1.42. The summed E-state index contributed by atoms with van der Waals surface area (Å²) < 4.78 is 28.6. The van der Waals surface area contributed by atoms with Gasteiger partial charge in [0.15, 0.2) is 0 Å². The van der Waals surface area contributed by atoms with E-state index < -0.39 is 17.2 Å². The van der Waals surface area contributed by atoms with E-state index in [2.05, 4.69) is 10.4 Å². The molecule has 0 bridgehead atoms. The lowest BCUT2D eigenvalue weighted by molar-refractivity contribution is 0.0528. The van der Waals surface area contributed by atoms with Crippen LogP contribution in [0.2, 0.25) is 0 Å². The van der Waals surface area contributed by atoms with Crippen LogP contribution in [-0.4, -0.2) is 21.4 Å². The van der Waals surface area contributed by atoms with E-state index in [0.29, 0.717) is 6.54 Å². The molecule has 0 aliphatic rings. The topological polar surface area (TPSA) is 50.1 Å². The van der Waals surface area contributed by atoms with Gasteiger partial charge in [0.05, 0.1) is 5.69 Å². The summed E-state index contributed by atoms with van der Waals surface area (Å²) in [7, 11) is 0. The Morgan fingerprint density at radius 1 is 1.16 bits per heavy atom. The van der Waals surface area contributed by atoms with Gasteiger partial charge >= 0.3 is 0 Å². The molecule has 0 aliphatic heterocycles. The lowest BCUT2D eigenvalue weighted by atomic mass is 9.95. The summed E-state index contributed by atoms with van der Waals surface area (Å²) in [6, 6.07) is 12.8. The molecule has 1 unspecified atom stereocenters. The van der Waals surface area contributed by atoms with Crippen LogP contribution in [0.1, 0.15) is 18.1 Å². The maximum atomic E-state index is 13.9. The second kappa shape index (κ2) is 7.13. The maximum absolute atomic E-state index is 13.9. The zero-order valence-electron chi connectivity index (χ0n) is 13.8. The highest BCUT2D eigenvalue weighted by atomic mass is 19.1. The molecule has 0 aliphatic carbocycles. The number of nitrogens with zero attached hydrogens (tertiary/aromatic N) is 2. The van der Waals surface area contributed by atoms with E-state index in [1.54, 1.807) is 10.9 Å². The zero-order valence-corrected chi connectivity index (χ0v) is 13.8. The fourth-order valence-electron chi connectivity index (χ4n) is 2.70. The van der Waals surface area contributed by atoms with Crippen molar-refractivity contribution in [2.45, 2.75) is 19.1 Å². The fraction of sp³-hybridized carbons (Fsp3) is 0.211. The summed E-state index contributed by atoms with van der Waals surface area (Å²) >= 11 is 0. The van der Waals surface area contributed by atoms with Crippen molar-refractivity contribution in [1.82, 2.24) is 15.1 Å². The van der Waals surface area contributed by atoms with Gasteiger partial charge < -0.3 is 10.4 Å². The van der Waals surface area contributed by atoms with Crippen molar-refractivity contribution in [3.05, 3.63) is 83.7 Å². The first-order valence-electron chi connectivity index (χ1n) is 7.93. The van der Waals surface area contributed by atoms with Crippen LogP contribution in [0.5, 0.6) is 0 Å². The molecule has 3 aromatic rings. The van der Waals surface area contributed by atoms with E-state index in [1.807, 2.05) is 36.5 Å². The third-order valence-corrected chi connectivity index (χ3v) is 3.99. The number of rotatable bonds is 6. The van der Waals surface area contributed by atoms with Crippen LogP contribution in [0.25, 0.3) is 5.69 Å². The van der Waals surface area contributed by atoms with Crippen molar-refractivity contribution < 1.29 is 13.9 Å². The van der Waals surface area contributed by atoms with Crippen LogP contribution in [0.4, 0.5) is 8.78 Å². The summed E-state index contributed by atoms with van der Waals surface area (Å²) in [6.45, 7) is 2.12. The van der Waals surface area contributed by atoms with Crippen molar-refractivity contribution in [2.75, 3.05) is 6.54 Å². The summed E-state index contributed by atoms with van der Waals surface area (Å²) in [5.41, 5.74) is 0.549. The molecule has 0 saturated heterocycles. The van der Waals surface area contributed by atoms with Gasteiger partial charge in [-0.2, -0.15) is 5.10 Å². The number of benzene rings is 2. The first-order chi connectivity index (χ1) is 12.0. The van der Waals surface area contributed by atoms with E-state index in [1.165, 1.54) is 13.0 Å². The Balaban J connectivity index is 1.65. The molecule has 0 saturated carbocycles. The Kier molecular flexibility index (Phi) is 4.92. The number of nitrogens with one attached hydrogen (secondary N) is 1. The smallest absolute Gasteiger partial charge is 0.132 e. The Bertz CT molecular complexity index is 848.